The van der Waals surface area contributed by atoms with E-state index in [4.69, 9.17) is 0 Å². The average Bonchev–Trinajstić information content (AvgIpc) is 2.77. The quantitative estimate of drug-likeness (QED) is 0.902. The maximum atomic E-state index is 12.0. The molecule has 0 spiro atoms. The third-order valence-corrected chi connectivity index (χ3v) is 3.55. The molecule has 0 saturated carbocycles. The Morgan fingerprint density at radius 1 is 1.00 bits per heavy atom. The maximum Gasteiger partial charge on any atom is 0.265 e. The summed E-state index contributed by atoms with van der Waals surface area (Å²) in [6, 6.07) is 8.92. The van der Waals surface area contributed by atoms with Crippen LogP contribution in [0.5, 0.6) is 0 Å². The van der Waals surface area contributed by atoms with Gasteiger partial charge in [0.25, 0.3) is 5.91 Å². The molecule has 4 nitrogen and oxygen atoms in total. The minimum absolute atomic E-state index is 0.111. The standard InChI is InChI=1S/C14H14N2O2S/c1-9-7-8-19-13(9)14(18)16-12-5-3-11(4-6-12)15-10(2)17/h3-8H,1-2H3,(H,15,17)(H,16,18). The van der Waals surface area contributed by atoms with E-state index in [0.29, 0.717) is 16.3 Å². The van der Waals surface area contributed by atoms with Crippen LogP contribution in [0.25, 0.3) is 0 Å². The summed E-state index contributed by atoms with van der Waals surface area (Å²) < 4.78 is 0. The number of aryl methyl sites for hydroxylation is 1. The number of hydrogen-bond donors (Lipinski definition) is 2. The van der Waals surface area contributed by atoms with Crippen molar-refractivity contribution in [3.05, 3.63) is 46.2 Å². The van der Waals surface area contributed by atoms with Crippen LogP contribution in [0.15, 0.2) is 35.7 Å². The van der Waals surface area contributed by atoms with Crippen molar-refractivity contribution in [2.75, 3.05) is 10.6 Å². The highest BCUT2D eigenvalue weighted by Crippen LogP contribution is 2.19. The van der Waals surface area contributed by atoms with Gasteiger partial charge in [-0.3, -0.25) is 9.59 Å². The van der Waals surface area contributed by atoms with Gasteiger partial charge in [0.1, 0.15) is 0 Å². The molecule has 19 heavy (non-hydrogen) atoms. The van der Waals surface area contributed by atoms with E-state index in [1.54, 1.807) is 24.3 Å². The first-order valence-corrected chi connectivity index (χ1v) is 6.67. The van der Waals surface area contributed by atoms with Gasteiger partial charge in [0, 0.05) is 18.3 Å². The summed E-state index contributed by atoms with van der Waals surface area (Å²) in [6.07, 6.45) is 0. The van der Waals surface area contributed by atoms with Gasteiger partial charge in [0.15, 0.2) is 0 Å². The molecule has 0 bridgehead atoms. The van der Waals surface area contributed by atoms with Crippen LogP contribution in [0.1, 0.15) is 22.2 Å². The molecule has 0 aliphatic rings. The lowest BCUT2D eigenvalue weighted by atomic mass is 10.2. The second kappa shape index (κ2) is 5.67. The third-order valence-electron chi connectivity index (χ3n) is 2.53. The topological polar surface area (TPSA) is 58.2 Å². The number of hydrogen-bond acceptors (Lipinski definition) is 3. The number of amides is 2. The Labute approximate surface area is 115 Å². The van der Waals surface area contributed by atoms with Crippen LogP contribution in [-0.2, 0) is 4.79 Å². The summed E-state index contributed by atoms with van der Waals surface area (Å²) >= 11 is 1.42. The molecule has 1 aromatic heterocycles. The van der Waals surface area contributed by atoms with Gasteiger partial charge in [-0.15, -0.1) is 11.3 Å². The lowest BCUT2D eigenvalue weighted by Crippen LogP contribution is -2.11. The van der Waals surface area contributed by atoms with Crippen LogP contribution < -0.4 is 10.6 Å². The van der Waals surface area contributed by atoms with Crippen molar-refractivity contribution >= 4 is 34.5 Å². The molecule has 2 rings (SSSR count). The lowest BCUT2D eigenvalue weighted by Gasteiger charge is -2.06. The molecule has 1 heterocycles. The van der Waals surface area contributed by atoms with E-state index in [0.717, 1.165) is 5.56 Å². The Morgan fingerprint density at radius 3 is 2.05 bits per heavy atom. The van der Waals surface area contributed by atoms with Gasteiger partial charge >= 0.3 is 0 Å². The largest absolute Gasteiger partial charge is 0.326 e. The van der Waals surface area contributed by atoms with Crippen molar-refractivity contribution in [3.63, 3.8) is 0 Å². The lowest BCUT2D eigenvalue weighted by molar-refractivity contribution is -0.114. The molecule has 2 N–H and O–H groups in total. The van der Waals surface area contributed by atoms with Crippen LogP contribution >= 0.6 is 11.3 Å². The van der Waals surface area contributed by atoms with Gasteiger partial charge < -0.3 is 10.6 Å². The molecular weight excluding hydrogens is 260 g/mol. The molecule has 0 unspecified atom stereocenters. The van der Waals surface area contributed by atoms with Gasteiger partial charge in [-0.25, -0.2) is 0 Å². The van der Waals surface area contributed by atoms with Crippen molar-refractivity contribution in [2.24, 2.45) is 0 Å². The first kappa shape index (κ1) is 13.3. The van der Waals surface area contributed by atoms with Crippen molar-refractivity contribution in [1.82, 2.24) is 0 Å². The molecule has 0 saturated heterocycles. The van der Waals surface area contributed by atoms with Gasteiger partial charge in [-0.2, -0.15) is 0 Å². The van der Waals surface area contributed by atoms with Crippen molar-refractivity contribution < 1.29 is 9.59 Å². The monoisotopic (exact) mass is 274 g/mol. The van der Waals surface area contributed by atoms with Gasteiger partial charge in [-0.05, 0) is 48.2 Å². The van der Waals surface area contributed by atoms with Crippen molar-refractivity contribution in [3.8, 4) is 0 Å². The van der Waals surface area contributed by atoms with Gasteiger partial charge in [0.05, 0.1) is 4.88 Å². The van der Waals surface area contributed by atoms with Crippen LogP contribution in [-0.4, -0.2) is 11.8 Å². The number of carbonyl (C=O) groups is 2. The van der Waals surface area contributed by atoms with E-state index in [9.17, 15) is 9.59 Å². The number of benzene rings is 1. The van der Waals surface area contributed by atoms with Crippen molar-refractivity contribution in [1.29, 1.82) is 0 Å². The molecule has 5 heteroatoms. The summed E-state index contributed by atoms with van der Waals surface area (Å²) in [5, 5.41) is 7.39. The number of nitrogens with one attached hydrogen (secondary N) is 2. The van der Waals surface area contributed by atoms with Gasteiger partial charge in [0.2, 0.25) is 5.91 Å². The summed E-state index contributed by atoms with van der Waals surface area (Å²) in [6.45, 7) is 3.36. The highest BCUT2D eigenvalue weighted by molar-refractivity contribution is 7.12. The fraction of sp³-hybridized carbons (Fsp3) is 0.143. The highest BCUT2D eigenvalue weighted by atomic mass is 32.1. The number of anilines is 2. The second-order valence-electron chi connectivity index (χ2n) is 4.15. The predicted molar refractivity (Wildman–Crippen MR) is 77.8 cm³/mol. The molecule has 0 radical (unpaired) electrons. The van der Waals surface area contributed by atoms with Crippen molar-refractivity contribution in [2.45, 2.75) is 13.8 Å². The minimum atomic E-state index is -0.119. The van der Waals surface area contributed by atoms with E-state index in [-0.39, 0.29) is 11.8 Å². The average molecular weight is 274 g/mol. The Morgan fingerprint density at radius 2 is 1.58 bits per heavy atom. The first-order chi connectivity index (χ1) is 9.06. The molecule has 2 amide bonds. The molecule has 0 aliphatic heterocycles. The van der Waals surface area contributed by atoms with Crippen LogP contribution in [0.2, 0.25) is 0 Å². The number of rotatable bonds is 3. The first-order valence-electron chi connectivity index (χ1n) is 5.79. The molecular formula is C14H14N2O2S. The zero-order valence-electron chi connectivity index (χ0n) is 10.7. The smallest absolute Gasteiger partial charge is 0.265 e. The van der Waals surface area contributed by atoms with E-state index < -0.39 is 0 Å². The summed E-state index contributed by atoms with van der Waals surface area (Å²) in [7, 11) is 0. The summed E-state index contributed by atoms with van der Waals surface area (Å²) in [5.41, 5.74) is 2.38. The fourth-order valence-electron chi connectivity index (χ4n) is 1.63. The number of carbonyl (C=O) groups excluding carboxylic acids is 2. The molecule has 98 valence electrons. The Bertz CT molecular complexity index is 602. The van der Waals surface area contributed by atoms with Crippen LogP contribution in [0, 0.1) is 6.92 Å². The molecule has 0 atom stereocenters. The molecule has 0 aliphatic carbocycles. The van der Waals surface area contributed by atoms with E-state index in [1.165, 1.54) is 18.3 Å². The third kappa shape index (κ3) is 3.42. The minimum Gasteiger partial charge on any atom is -0.326 e. The van der Waals surface area contributed by atoms with Crippen LogP contribution in [0.4, 0.5) is 11.4 Å². The van der Waals surface area contributed by atoms with Gasteiger partial charge in [-0.1, -0.05) is 0 Å². The number of thiophene rings is 1. The molecule has 0 fully saturated rings. The summed E-state index contributed by atoms with van der Waals surface area (Å²) in [4.78, 5) is 23.6. The zero-order chi connectivity index (χ0) is 13.8. The maximum absolute atomic E-state index is 12.0. The Kier molecular flexibility index (Phi) is 3.97. The molecule has 1 aromatic carbocycles. The second-order valence-corrected chi connectivity index (χ2v) is 5.06. The Hall–Kier alpha value is -2.14. The zero-order valence-corrected chi connectivity index (χ0v) is 11.5. The van der Waals surface area contributed by atoms with E-state index in [1.807, 2.05) is 18.4 Å². The Balaban J connectivity index is 2.06. The highest BCUT2D eigenvalue weighted by Gasteiger charge is 2.10. The van der Waals surface area contributed by atoms with E-state index in [2.05, 4.69) is 10.6 Å². The predicted octanol–water partition coefficient (Wildman–Crippen LogP) is 3.27. The normalized spacial score (nSPS) is 10.0. The summed E-state index contributed by atoms with van der Waals surface area (Å²) in [5.74, 6) is -0.231. The SMILES string of the molecule is CC(=O)Nc1ccc(NC(=O)c2sccc2C)cc1. The fourth-order valence-corrected chi connectivity index (χ4v) is 2.45. The van der Waals surface area contributed by atoms with E-state index >= 15 is 0 Å². The molecule has 2 aromatic rings. The van der Waals surface area contributed by atoms with Crippen LogP contribution in [0.3, 0.4) is 0 Å².